The fraction of sp³-hybridized carbons (Fsp3) is 0.600. The summed E-state index contributed by atoms with van der Waals surface area (Å²) in [6.45, 7) is 3.38. The first-order valence-corrected chi connectivity index (χ1v) is 7.82. The van der Waals surface area contributed by atoms with Crippen LogP contribution in [0.3, 0.4) is 0 Å². The Morgan fingerprint density at radius 2 is 2.32 bits per heavy atom. The third-order valence-electron chi connectivity index (χ3n) is 3.79. The summed E-state index contributed by atoms with van der Waals surface area (Å²) >= 11 is 3.69. The zero-order chi connectivity index (χ0) is 13.7. The molecular formula is C15H23BrN2O. The Labute approximate surface area is 124 Å². The van der Waals surface area contributed by atoms with Crippen LogP contribution in [0.5, 0.6) is 0 Å². The number of aliphatic hydroxyl groups is 1. The molecule has 2 N–H and O–H groups in total. The monoisotopic (exact) mass is 326 g/mol. The molecule has 0 aliphatic carbocycles. The second-order valence-corrected chi connectivity index (χ2v) is 6.14. The van der Waals surface area contributed by atoms with E-state index in [1.807, 2.05) is 7.05 Å². The van der Waals surface area contributed by atoms with Gasteiger partial charge in [-0.3, -0.25) is 0 Å². The van der Waals surface area contributed by atoms with Crippen molar-refractivity contribution in [3.63, 3.8) is 0 Å². The molecule has 1 atom stereocenters. The molecule has 0 bridgehead atoms. The van der Waals surface area contributed by atoms with Crippen LogP contribution in [0, 0.1) is 5.92 Å². The van der Waals surface area contributed by atoms with Crippen molar-refractivity contribution in [2.75, 3.05) is 31.6 Å². The average molecular weight is 327 g/mol. The molecule has 1 heterocycles. The van der Waals surface area contributed by atoms with E-state index in [1.54, 1.807) is 0 Å². The molecule has 1 aromatic rings. The molecular weight excluding hydrogens is 304 g/mol. The van der Waals surface area contributed by atoms with Crippen LogP contribution in [0.15, 0.2) is 22.7 Å². The van der Waals surface area contributed by atoms with Gasteiger partial charge in [-0.05, 0) is 65.9 Å². The van der Waals surface area contributed by atoms with Crippen molar-refractivity contribution in [1.29, 1.82) is 0 Å². The molecule has 1 aromatic carbocycles. The highest BCUT2D eigenvalue weighted by atomic mass is 79.9. The number of nitrogens with zero attached hydrogens (tertiary/aromatic N) is 1. The van der Waals surface area contributed by atoms with Gasteiger partial charge in [-0.25, -0.2) is 0 Å². The maximum Gasteiger partial charge on any atom is 0.0510 e. The van der Waals surface area contributed by atoms with Gasteiger partial charge < -0.3 is 15.3 Å². The van der Waals surface area contributed by atoms with Crippen LogP contribution >= 0.6 is 15.9 Å². The number of hydrogen-bond acceptors (Lipinski definition) is 3. The summed E-state index contributed by atoms with van der Waals surface area (Å²) < 4.78 is 1.17. The Balaban J connectivity index is 2.08. The minimum Gasteiger partial charge on any atom is -0.396 e. The molecule has 19 heavy (non-hydrogen) atoms. The smallest absolute Gasteiger partial charge is 0.0510 e. The molecule has 3 nitrogen and oxygen atoms in total. The first-order chi connectivity index (χ1) is 9.24. The van der Waals surface area contributed by atoms with E-state index in [9.17, 15) is 0 Å². The lowest BCUT2D eigenvalue weighted by Crippen LogP contribution is -2.36. The van der Waals surface area contributed by atoms with Gasteiger partial charge in [-0.15, -0.1) is 0 Å². The van der Waals surface area contributed by atoms with E-state index in [-0.39, 0.29) is 0 Å². The van der Waals surface area contributed by atoms with Crippen LogP contribution in [-0.2, 0) is 6.54 Å². The molecule has 0 radical (unpaired) electrons. The Bertz CT molecular complexity index is 409. The fourth-order valence-corrected chi connectivity index (χ4v) is 3.50. The third-order valence-corrected chi connectivity index (χ3v) is 4.43. The lowest BCUT2D eigenvalue weighted by Gasteiger charge is -2.35. The molecule has 4 heteroatoms. The van der Waals surface area contributed by atoms with Gasteiger partial charge in [-0.2, -0.15) is 0 Å². The Morgan fingerprint density at radius 1 is 1.47 bits per heavy atom. The molecule has 1 aliphatic heterocycles. The molecule has 1 aliphatic rings. The highest BCUT2D eigenvalue weighted by Crippen LogP contribution is 2.31. The second kappa shape index (κ2) is 7.27. The topological polar surface area (TPSA) is 35.5 Å². The van der Waals surface area contributed by atoms with Crippen molar-refractivity contribution in [2.45, 2.75) is 25.8 Å². The summed E-state index contributed by atoms with van der Waals surface area (Å²) in [5.41, 5.74) is 2.57. The maximum absolute atomic E-state index is 9.09. The maximum atomic E-state index is 9.09. The van der Waals surface area contributed by atoms with Gasteiger partial charge in [0.25, 0.3) is 0 Å². The predicted molar refractivity (Wildman–Crippen MR) is 83.5 cm³/mol. The molecule has 1 fully saturated rings. The van der Waals surface area contributed by atoms with E-state index in [0.29, 0.717) is 12.5 Å². The van der Waals surface area contributed by atoms with E-state index in [0.717, 1.165) is 26.1 Å². The quantitative estimate of drug-likeness (QED) is 0.873. The number of rotatable bonds is 5. The second-order valence-electron chi connectivity index (χ2n) is 5.28. The van der Waals surface area contributed by atoms with Crippen molar-refractivity contribution >= 4 is 21.6 Å². The molecule has 2 rings (SSSR count). The van der Waals surface area contributed by atoms with Crippen molar-refractivity contribution < 1.29 is 5.11 Å². The lowest BCUT2D eigenvalue weighted by molar-refractivity contribution is 0.244. The third kappa shape index (κ3) is 3.94. The Kier molecular flexibility index (Phi) is 5.67. The van der Waals surface area contributed by atoms with Crippen LogP contribution in [0.2, 0.25) is 0 Å². The van der Waals surface area contributed by atoms with Crippen LogP contribution in [0.25, 0.3) is 0 Å². The fourth-order valence-electron chi connectivity index (χ4n) is 2.82. The number of benzene rings is 1. The van der Waals surface area contributed by atoms with Gasteiger partial charge in [-0.1, -0.05) is 6.07 Å². The molecule has 0 saturated carbocycles. The minimum atomic E-state index is 0.306. The van der Waals surface area contributed by atoms with E-state index >= 15 is 0 Å². The van der Waals surface area contributed by atoms with E-state index in [2.05, 4.69) is 44.3 Å². The number of aliphatic hydroxyl groups excluding tert-OH is 1. The minimum absolute atomic E-state index is 0.306. The number of anilines is 1. The van der Waals surface area contributed by atoms with E-state index < -0.39 is 0 Å². The van der Waals surface area contributed by atoms with Gasteiger partial charge in [0.2, 0.25) is 0 Å². The van der Waals surface area contributed by atoms with Crippen molar-refractivity contribution in [1.82, 2.24) is 5.32 Å². The van der Waals surface area contributed by atoms with Crippen LogP contribution in [-0.4, -0.2) is 31.9 Å². The van der Waals surface area contributed by atoms with Crippen molar-refractivity contribution in [3.8, 4) is 0 Å². The first kappa shape index (κ1) is 14.8. The lowest BCUT2D eigenvalue weighted by atomic mass is 9.94. The van der Waals surface area contributed by atoms with Crippen molar-refractivity contribution in [2.24, 2.45) is 5.92 Å². The zero-order valence-corrected chi connectivity index (χ0v) is 13.1. The van der Waals surface area contributed by atoms with Crippen LogP contribution in [0.4, 0.5) is 5.69 Å². The van der Waals surface area contributed by atoms with Crippen molar-refractivity contribution in [3.05, 3.63) is 28.2 Å². The Morgan fingerprint density at radius 3 is 3.00 bits per heavy atom. The summed E-state index contributed by atoms with van der Waals surface area (Å²) in [5.74, 6) is 0.627. The number of nitrogens with one attached hydrogen (secondary N) is 1. The van der Waals surface area contributed by atoms with E-state index in [4.69, 9.17) is 5.11 Å². The zero-order valence-electron chi connectivity index (χ0n) is 11.5. The Hall–Kier alpha value is -0.580. The predicted octanol–water partition coefficient (Wildman–Crippen LogP) is 2.77. The SMILES string of the molecule is CNCc1ccc(N2CCCC(CCO)C2)c(Br)c1. The van der Waals surface area contributed by atoms with Crippen LogP contribution in [0.1, 0.15) is 24.8 Å². The van der Waals surface area contributed by atoms with Gasteiger partial charge in [0.05, 0.1) is 5.69 Å². The van der Waals surface area contributed by atoms with Gasteiger partial charge in [0, 0.05) is 30.7 Å². The first-order valence-electron chi connectivity index (χ1n) is 7.03. The molecule has 0 amide bonds. The molecule has 1 unspecified atom stereocenters. The summed E-state index contributed by atoms with van der Waals surface area (Å²) in [6, 6.07) is 6.59. The molecule has 0 spiro atoms. The number of piperidine rings is 1. The summed E-state index contributed by atoms with van der Waals surface area (Å²) in [6.07, 6.45) is 3.38. The number of halogens is 1. The summed E-state index contributed by atoms with van der Waals surface area (Å²) in [5, 5.41) is 12.3. The highest BCUT2D eigenvalue weighted by molar-refractivity contribution is 9.10. The summed E-state index contributed by atoms with van der Waals surface area (Å²) in [7, 11) is 1.96. The summed E-state index contributed by atoms with van der Waals surface area (Å²) in [4.78, 5) is 2.44. The standard InChI is InChI=1S/C15H23BrN2O/c1-17-10-13-4-5-15(14(16)9-13)18-7-2-3-12(11-18)6-8-19/h4-5,9,12,17,19H,2-3,6-8,10-11H2,1H3. The van der Waals surface area contributed by atoms with Gasteiger partial charge >= 0.3 is 0 Å². The average Bonchev–Trinajstić information content (AvgIpc) is 2.40. The molecule has 106 valence electrons. The number of hydrogen-bond donors (Lipinski definition) is 2. The largest absolute Gasteiger partial charge is 0.396 e. The van der Waals surface area contributed by atoms with Gasteiger partial charge in [0.1, 0.15) is 0 Å². The van der Waals surface area contributed by atoms with E-state index in [1.165, 1.54) is 28.6 Å². The highest BCUT2D eigenvalue weighted by Gasteiger charge is 2.21. The van der Waals surface area contributed by atoms with Crippen LogP contribution < -0.4 is 10.2 Å². The molecule has 1 saturated heterocycles. The normalized spacial score (nSPS) is 19.7. The van der Waals surface area contributed by atoms with Gasteiger partial charge in [0.15, 0.2) is 0 Å². The molecule has 0 aromatic heterocycles.